The number of aliphatic hydroxyl groups is 1. The fourth-order valence-electron chi connectivity index (χ4n) is 2.60. The zero-order chi connectivity index (χ0) is 17.1. The Morgan fingerprint density at radius 3 is 2.83 bits per heavy atom. The zero-order valence-corrected chi connectivity index (χ0v) is 14.3. The van der Waals surface area contributed by atoms with Crippen LogP contribution < -0.4 is 0 Å². The highest BCUT2D eigenvalue weighted by molar-refractivity contribution is 7.20. The molecule has 0 saturated carbocycles. The third-order valence-electron chi connectivity index (χ3n) is 3.76. The molecule has 5 nitrogen and oxygen atoms in total. The van der Waals surface area contributed by atoms with Crippen LogP contribution in [-0.4, -0.2) is 45.4 Å². The van der Waals surface area contributed by atoms with Crippen LogP contribution in [0, 0.1) is 6.92 Å². The minimum atomic E-state index is -0.0934. The van der Waals surface area contributed by atoms with Crippen LogP contribution in [0.25, 0.3) is 15.9 Å². The fourth-order valence-corrected chi connectivity index (χ4v) is 3.76. The second kappa shape index (κ2) is 6.98. The van der Waals surface area contributed by atoms with E-state index in [1.807, 2.05) is 48.0 Å². The monoisotopic (exact) mass is 341 g/mol. The molecule has 0 unspecified atom stereocenters. The minimum Gasteiger partial charge on any atom is -0.395 e. The van der Waals surface area contributed by atoms with Crippen molar-refractivity contribution in [1.29, 1.82) is 0 Å². The molecular weight excluding hydrogens is 322 g/mol. The van der Waals surface area contributed by atoms with E-state index in [1.165, 1.54) is 11.3 Å². The van der Waals surface area contributed by atoms with Crippen LogP contribution in [0.5, 0.6) is 0 Å². The number of carbonyl (C=O) groups excluding carboxylic acids is 1. The highest BCUT2D eigenvalue weighted by atomic mass is 32.1. The van der Waals surface area contributed by atoms with Gasteiger partial charge < -0.3 is 10.0 Å². The van der Waals surface area contributed by atoms with Crippen LogP contribution >= 0.6 is 11.3 Å². The molecule has 0 fully saturated rings. The Morgan fingerprint density at radius 1 is 1.42 bits per heavy atom. The summed E-state index contributed by atoms with van der Waals surface area (Å²) in [5.41, 5.74) is 1.86. The lowest BCUT2D eigenvalue weighted by atomic mass is 10.3. The molecule has 0 aliphatic rings. The molecule has 2 heterocycles. The van der Waals surface area contributed by atoms with Gasteiger partial charge in [0.1, 0.15) is 4.83 Å². The van der Waals surface area contributed by atoms with Crippen molar-refractivity contribution in [1.82, 2.24) is 14.7 Å². The van der Waals surface area contributed by atoms with E-state index in [1.54, 1.807) is 11.0 Å². The average Bonchev–Trinajstić information content (AvgIpc) is 3.16. The molecule has 1 amide bonds. The van der Waals surface area contributed by atoms with Crippen molar-refractivity contribution in [2.45, 2.75) is 6.92 Å². The number of hydrogen-bond acceptors (Lipinski definition) is 4. The lowest BCUT2D eigenvalue weighted by Gasteiger charge is -2.18. The summed E-state index contributed by atoms with van der Waals surface area (Å²) in [5.74, 6) is -0.0934. The molecule has 24 heavy (non-hydrogen) atoms. The molecule has 0 radical (unpaired) electrons. The van der Waals surface area contributed by atoms with E-state index in [-0.39, 0.29) is 12.5 Å². The number of aryl methyl sites for hydroxylation is 1. The molecule has 0 atom stereocenters. The summed E-state index contributed by atoms with van der Waals surface area (Å²) in [5, 5.41) is 14.7. The SMILES string of the molecule is C=CCN(CCO)C(=O)c1cc2c(C)nn(-c3ccccc3)c2s1. The number of carbonyl (C=O) groups is 1. The Labute approximate surface area is 144 Å². The Balaban J connectivity index is 2.03. The first-order valence-corrected chi connectivity index (χ1v) is 8.53. The van der Waals surface area contributed by atoms with Crippen molar-refractivity contribution in [3.63, 3.8) is 0 Å². The van der Waals surface area contributed by atoms with Crippen LogP contribution in [0.2, 0.25) is 0 Å². The van der Waals surface area contributed by atoms with Gasteiger partial charge in [0.15, 0.2) is 0 Å². The Bertz CT molecular complexity index is 867. The number of hydrogen-bond donors (Lipinski definition) is 1. The van der Waals surface area contributed by atoms with Gasteiger partial charge in [-0.1, -0.05) is 24.3 Å². The maximum Gasteiger partial charge on any atom is 0.264 e. The van der Waals surface area contributed by atoms with Gasteiger partial charge in [0.2, 0.25) is 0 Å². The quantitative estimate of drug-likeness (QED) is 0.701. The second-order valence-electron chi connectivity index (χ2n) is 5.43. The highest BCUT2D eigenvalue weighted by Crippen LogP contribution is 2.31. The van der Waals surface area contributed by atoms with Crippen molar-refractivity contribution < 1.29 is 9.90 Å². The summed E-state index contributed by atoms with van der Waals surface area (Å²) < 4.78 is 1.87. The first kappa shape index (κ1) is 16.4. The number of aliphatic hydroxyl groups excluding tert-OH is 1. The van der Waals surface area contributed by atoms with Crippen molar-refractivity contribution >= 4 is 27.5 Å². The molecule has 1 N–H and O–H groups in total. The minimum absolute atomic E-state index is 0.0682. The van der Waals surface area contributed by atoms with Crippen LogP contribution in [0.1, 0.15) is 15.4 Å². The molecule has 3 rings (SSSR count). The summed E-state index contributed by atoms with van der Waals surface area (Å²) >= 11 is 1.42. The Morgan fingerprint density at radius 2 is 2.17 bits per heavy atom. The van der Waals surface area contributed by atoms with Crippen LogP contribution in [0.3, 0.4) is 0 Å². The number of benzene rings is 1. The third kappa shape index (κ3) is 2.98. The number of fused-ring (bicyclic) bond motifs is 1. The lowest BCUT2D eigenvalue weighted by molar-refractivity contribution is 0.0748. The van der Waals surface area contributed by atoms with Crippen LogP contribution in [-0.2, 0) is 0 Å². The highest BCUT2D eigenvalue weighted by Gasteiger charge is 2.20. The van der Waals surface area contributed by atoms with Crippen molar-refractivity contribution in [3.05, 3.63) is 59.6 Å². The molecule has 3 aromatic rings. The molecule has 1 aromatic carbocycles. The predicted molar refractivity (Wildman–Crippen MR) is 96.9 cm³/mol. The van der Waals surface area contributed by atoms with E-state index < -0.39 is 0 Å². The Kier molecular flexibility index (Phi) is 4.78. The smallest absolute Gasteiger partial charge is 0.264 e. The maximum atomic E-state index is 12.7. The van der Waals surface area contributed by atoms with Crippen molar-refractivity contribution in [2.24, 2.45) is 0 Å². The number of aromatic nitrogens is 2. The molecule has 124 valence electrons. The van der Waals surface area contributed by atoms with E-state index in [9.17, 15) is 4.79 Å². The number of para-hydroxylation sites is 1. The molecular formula is C18H19N3O2S. The van der Waals surface area contributed by atoms with Gasteiger partial charge in [0.25, 0.3) is 5.91 Å². The van der Waals surface area contributed by atoms with Gasteiger partial charge in [-0.25, -0.2) is 4.68 Å². The normalized spacial score (nSPS) is 10.9. The summed E-state index contributed by atoms with van der Waals surface area (Å²) in [7, 11) is 0. The van der Waals surface area contributed by atoms with E-state index in [2.05, 4.69) is 11.7 Å². The van der Waals surface area contributed by atoms with Gasteiger partial charge in [-0.05, 0) is 25.1 Å². The molecule has 0 bridgehead atoms. The van der Waals surface area contributed by atoms with Gasteiger partial charge in [-0.3, -0.25) is 4.79 Å². The van der Waals surface area contributed by atoms with Crippen molar-refractivity contribution in [2.75, 3.05) is 19.7 Å². The number of nitrogens with zero attached hydrogens (tertiary/aromatic N) is 3. The molecule has 0 saturated heterocycles. The Hall–Kier alpha value is -2.44. The zero-order valence-electron chi connectivity index (χ0n) is 13.5. The third-order valence-corrected chi connectivity index (χ3v) is 4.86. The predicted octanol–water partition coefficient (Wildman–Crippen LogP) is 3.02. The standard InChI is InChI=1S/C18H19N3O2S/c1-3-9-20(10-11-22)17(23)16-12-15-13(2)19-21(18(15)24-16)14-7-5-4-6-8-14/h3-8,12,22H,1,9-11H2,2H3. The van der Waals surface area contributed by atoms with E-state index in [4.69, 9.17) is 5.11 Å². The second-order valence-corrected chi connectivity index (χ2v) is 6.46. The number of amides is 1. The van der Waals surface area contributed by atoms with Gasteiger partial charge in [0, 0.05) is 18.5 Å². The molecule has 0 aliphatic heterocycles. The summed E-state index contributed by atoms with van der Waals surface area (Å²) in [6.07, 6.45) is 1.66. The summed E-state index contributed by atoms with van der Waals surface area (Å²) in [4.78, 5) is 15.9. The van der Waals surface area contributed by atoms with Gasteiger partial charge >= 0.3 is 0 Å². The van der Waals surface area contributed by atoms with E-state index >= 15 is 0 Å². The van der Waals surface area contributed by atoms with Crippen molar-refractivity contribution in [3.8, 4) is 5.69 Å². The number of thiophene rings is 1. The molecule has 2 aromatic heterocycles. The average molecular weight is 341 g/mol. The molecule has 6 heteroatoms. The number of rotatable bonds is 6. The first-order chi connectivity index (χ1) is 11.7. The maximum absolute atomic E-state index is 12.7. The molecule has 0 spiro atoms. The van der Waals surface area contributed by atoms with Gasteiger partial charge in [-0.15, -0.1) is 17.9 Å². The van der Waals surface area contributed by atoms with E-state index in [0.717, 1.165) is 21.6 Å². The lowest BCUT2D eigenvalue weighted by Crippen LogP contribution is -2.33. The summed E-state index contributed by atoms with van der Waals surface area (Å²) in [6, 6.07) is 11.8. The summed E-state index contributed by atoms with van der Waals surface area (Å²) in [6.45, 7) is 6.26. The molecule has 0 aliphatic carbocycles. The van der Waals surface area contributed by atoms with Crippen LogP contribution in [0.4, 0.5) is 0 Å². The van der Waals surface area contributed by atoms with Gasteiger partial charge in [0.05, 0.1) is 22.9 Å². The first-order valence-electron chi connectivity index (χ1n) is 7.71. The van der Waals surface area contributed by atoms with Crippen LogP contribution in [0.15, 0.2) is 49.1 Å². The van der Waals surface area contributed by atoms with E-state index in [0.29, 0.717) is 18.0 Å². The fraction of sp³-hybridized carbons (Fsp3) is 0.222. The topological polar surface area (TPSA) is 58.4 Å². The largest absolute Gasteiger partial charge is 0.395 e. The van der Waals surface area contributed by atoms with Gasteiger partial charge in [-0.2, -0.15) is 5.10 Å².